The third-order valence-electron chi connectivity index (χ3n) is 3.37. The number of rotatable bonds is 6. The van der Waals surface area contributed by atoms with Crippen molar-refractivity contribution in [2.24, 2.45) is 0 Å². The number of carbonyl (C=O) groups is 1. The van der Waals surface area contributed by atoms with Gasteiger partial charge in [0.25, 0.3) is 0 Å². The van der Waals surface area contributed by atoms with Crippen molar-refractivity contribution in [3.63, 3.8) is 0 Å². The number of quaternary nitrogens is 1. The van der Waals surface area contributed by atoms with Crippen molar-refractivity contribution in [2.45, 2.75) is 18.8 Å². The third-order valence-corrected chi connectivity index (χ3v) is 3.37. The van der Waals surface area contributed by atoms with Crippen molar-refractivity contribution >= 4 is 5.97 Å². The number of benzene rings is 2. The lowest BCUT2D eigenvalue weighted by Crippen LogP contribution is -2.67. The van der Waals surface area contributed by atoms with Crippen LogP contribution in [0.1, 0.15) is 17.2 Å². The van der Waals surface area contributed by atoms with Gasteiger partial charge in [-0.15, -0.1) is 0 Å². The van der Waals surface area contributed by atoms with Crippen molar-refractivity contribution in [3.8, 4) is 5.75 Å². The van der Waals surface area contributed by atoms with E-state index >= 15 is 0 Å². The van der Waals surface area contributed by atoms with Gasteiger partial charge >= 0.3 is 5.97 Å². The maximum atomic E-state index is 12.0. The van der Waals surface area contributed by atoms with Crippen molar-refractivity contribution in [2.75, 3.05) is 7.11 Å². The van der Waals surface area contributed by atoms with E-state index in [0.717, 1.165) is 5.56 Å². The van der Waals surface area contributed by atoms with Crippen molar-refractivity contribution in [3.05, 3.63) is 65.7 Å². The summed E-state index contributed by atoms with van der Waals surface area (Å²) < 4.78 is 10.2. The fraction of sp³-hybridized carbons (Fsp3) is 0.235. The highest BCUT2D eigenvalue weighted by atomic mass is 16.5. The van der Waals surface area contributed by atoms with Crippen molar-refractivity contribution in [1.82, 2.24) is 0 Å². The van der Waals surface area contributed by atoms with Gasteiger partial charge in [-0.05, 0) is 23.3 Å². The Kier molecular flexibility index (Phi) is 5.52. The van der Waals surface area contributed by atoms with Crippen LogP contribution in [0.4, 0.5) is 0 Å². The van der Waals surface area contributed by atoms with E-state index in [9.17, 15) is 9.90 Å². The number of aliphatic hydroxyl groups is 1. The van der Waals surface area contributed by atoms with Crippen LogP contribution in [0.3, 0.4) is 0 Å². The standard InChI is InChI=1S/C17H19NO4/c1-21-14-9-7-13(8-10-14)16(19)15(18)17(20)22-11-12-5-3-2-4-6-12/h2-10,15-16,19H,11,18H2,1H3/p+1/t15-,16+/m0/s1. The minimum atomic E-state index is -1.02. The van der Waals surface area contributed by atoms with Gasteiger partial charge < -0.3 is 20.3 Å². The first-order chi connectivity index (χ1) is 10.6. The Hall–Kier alpha value is -2.37. The van der Waals surface area contributed by atoms with Crippen molar-refractivity contribution in [1.29, 1.82) is 0 Å². The average molecular weight is 302 g/mol. The molecule has 5 nitrogen and oxygen atoms in total. The Morgan fingerprint density at radius 2 is 1.77 bits per heavy atom. The molecule has 2 rings (SSSR count). The topological polar surface area (TPSA) is 83.4 Å². The summed E-state index contributed by atoms with van der Waals surface area (Å²) in [5.41, 5.74) is 5.20. The van der Waals surface area contributed by atoms with Gasteiger partial charge in [0.05, 0.1) is 7.11 Å². The smallest absolute Gasteiger partial charge is 0.368 e. The minimum absolute atomic E-state index is 0.168. The van der Waals surface area contributed by atoms with Gasteiger partial charge in [-0.25, -0.2) is 4.79 Å². The highest BCUT2D eigenvalue weighted by Crippen LogP contribution is 2.19. The van der Waals surface area contributed by atoms with E-state index in [1.165, 1.54) is 0 Å². The second-order valence-corrected chi connectivity index (χ2v) is 4.92. The van der Waals surface area contributed by atoms with E-state index in [2.05, 4.69) is 5.73 Å². The summed E-state index contributed by atoms with van der Waals surface area (Å²) in [6.07, 6.45) is -1.02. The van der Waals surface area contributed by atoms with Crippen LogP contribution in [0.15, 0.2) is 54.6 Å². The molecule has 2 atom stereocenters. The second-order valence-electron chi connectivity index (χ2n) is 4.92. The molecule has 0 heterocycles. The van der Waals surface area contributed by atoms with Gasteiger partial charge in [0, 0.05) is 0 Å². The lowest BCUT2D eigenvalue weighted by molar-refractivity contribution is -0.427. The van der Waals surface area contributed by atoms with Crippen LogP contribution < -0.4 is 10.5 Å². The molecule has 4 N–H and O–H groups in total. The molecule has 0 fully saturated rings. The normalized spacial score (nSPS) is 13.2. The third kappa shape index (κ3) is 4.07. The van der Waals surface area contributed by atoms with E-state index in [1.807, 2.05) is 30.3 Å². The van der Waals surface area contributed by atoms with Crippen LogP contribution in [0.5, 0.6) is 5.75 Å². The number of carbonyl (C=O) groups excluding carboxylic acids is 1. The van der Waals surface area contributed by atoms with Crippen LogP contribution in [-0.4, -0.2) is 24.2 Å². The lowest BCUT2D eigenvalue weighted by atomic mass is 10.0. The van der Waals surface area contributed by atoms with Gasteiger partial charge in [0.15, 0.2) is 0 Å². The minimum Gasteiger partial charge on any atom is -0.497 e. The molecular formula is C17H20NO4+. The summed E-state index contributed by atoms with van der Waals surface area (Å²) >= 11 is 0. The second kappa shape index (κ2) is 7.59. The Bertz CT molecular complexity index is 598. The lowest BCUT2D eigenvalue weighted by Gasteiger charge is -2.15. The predicted molar refractivity (Wildman–Crippen MR) is 80.9 cm³/mol. The van der Waals surface area contributed by atoms with Crippen LogP contribution in [0.2, 0.25) is 0 Å². The van der Waals surface area contributed by atoms with Gasteiger partial charge in [-0.3, -0.25) is 0 Å². The van der Waals surface area contributed by atoms with Gasteiger partial charge in [-0.2, -0.15) is 0 Å². The van der Waals surface area contributed by atoms with E-state index in [-0.39, 0.29) is 6.61 Å². The number of methoxy groups -OCH3 is 1. The van der Waals surface area contributed by atoms with E-state index in [1.54, 1.807) is 31.4 Å². The number of hydrogen-bond donors (Lipinski definition) is 2. The summed E-state index contributed by atoms with van der Waals surface area (Å²) in [4.78, 5) is 12.0. The van der Waals surface area contributed by atoms with Crippen LogP contribution in [-0.2, 0) is 16.1 Å². The first-order valence-corrected chi connectivity index (χ1v) is 6.97. The molecule has 5 heteroatoms. The maximum Gasteiger partial charge on any atom is 0.368 e. The first kappa shape index (κ1) is 16.0. The highest BCUT2D eigenvalue weighted by molar-refractivity contribution is 5.75. The summed E-state index contributed by atoms with van der Waals surface area (Å²) in [7, 11) is 1.57. The van der Waals surface area contributed by atoms with Crippen LogP contribution >= 0.6 is 0 Å². The highest BCUT2D eigenvalue weighted by Gasteiger charge is 2.29. The summed E-state index contributed by atoms with van der Waals surface area (Å²) in [6.45, 7) is 0.168. The number of aliphatic hydroxyl groups excluding tert-OH is 1. The van der Waals surface area contributed by atoms with Crippen LogP contribution in [0, 0.1) is 0 Å². The summed E-state index contributed by atoms with van der Waals surface area (Å²) in [5, 5.41) is 10.2. The number of esters is 1. The van der Waals surface area contributed by atoms with Crippen molar-refractivity contribution < 1.29 is 25.1 Å². The maximum absolute atomic E-state index is 12.0. The quantitative estimate of drug-likeness (QED) is 0.782. The fourth-order valence-electron chi connectivity index (χ4n) is 2.00. The molecule has 0 unspecified atom stereocenters. The number of hydrogen-bond acceptors (Lipinski definition) is 4. The van der Waals surface area contributed by atoms with Crippen LogP contribution in [0.25, 0.3) is 0 Å². The first-order valence-electron chi connectivity index (χ1n) is 6.97. The molecule has 2 aromatic rings. The molecule has 0 aliphatic heterocycles. The SMILES string of the molecule is COc1ccc([C@@H](O)[C@H]([NH3+])C(=O)OCc2ccccc2)cc1. The molecular weight excluding hydrogens is 282 g/mol. The Labute approximate surface area is 129 Å². The molecule has 0 aliphatic carbocycles. The van der Waals surface area contributed by atoms with E-state index < -0.39 is 18.1 Å². The molecule has 0 saturated carbocycles. The molecule has 0 aliphatic rings. The van der Waals surface area contributed by atoms with Gasteiger partial charge in [0.2, 0.25) is 6.04 Å². The molecule has 0 saturated heterocycles. The molecule has 0 amide bonds. The predicted octanol–water partition coefficient (Wildman–Crippen LogP) is 1.08. The molecule has 0 bridgehead atoms. The number of ether oxygens (including phenoxy) is 2. The monoisotopic (exact) mass is 302 g/mol. The zero-order valence-electron chi connectivity index (χ0n) is 12.4. The van der Waals surface area contributed by atoms with E-state index in [4.69, 9.17) is 9.47 Å². The Morgan fingerprint density at radius 1 is 1.14 bits per heavy atom. The molecule has 0 radical (unpaired) electrons. The van der Waals surface area contributed by atoms with Gasteiger partial charge in [-0.1, -0.05) is 42.5 Å². The zero-order valence-corrected chi connectivity index (χ0v) is 12.4. The fourth-order valence-corrected chi connectivity index (χ4v) is 2.00. The largest absolute Gasteiger partial charge is 0.497 e. The Balaban J connectivity index is 1.93. The zero-order chi connectivity index (χ0) is 15.9. The molecule has 22 heavy (non-hydrogen) atoms. The summed E-state index contributed by atoms with van der Waals surface area (Å²) in [6, 6.07) is 15.3. The molecule has 0 spiro atoms. The molecule has 0 aromatic heterocycles. The molecule has 2 aromatic carbocycles. The van der Waals surface area contributed by atoms with Gasteiger partial charge in [0.1, 0.15) is 18.5 Å². The average Bonchev–Trinajstić information content (AvgIpc) is 2.59. The summed E-state index contributed by atoms with van der Waals surface area (Å²) in [5.74, 6) is 0.149. The Morgan fingerprint density at radius 3 is 2.36 bits per heavy atom. The van der Waals surface area contributed by atoms with E-state index in [0.29, 0.717) is 11.3 Å². The molecule has 116 valence electrons.